The van der Waals surface area contributed by atoms with Crippen LogP contribution in [0.2, 0.25) is 0 Å². The molecular formula is C18H10. The van der Waals surface area contributed by atoms with Crippen LogP contribution in [-0.2, 0) is 0 Å². The van der Waals surface area contributed by atoms with Crippen molar-refractivity contribution in [1.29, 1.82) is 0 Å². The highest BCUT2D eigenvalue weighted by Crippen LogP contribution is 2.81. The fourth-order valence-corrected chi connectivity index (χ4v) is 4.49. The van der Waals surface area contributed by atoms with E-state index >= 15 is 0 Å². The third-order valence-corrected chi connectivity index (χ3v) is 5.16. The summed E-state index contributed by atoms with van der Waals surface area (Å²) in [5.74, 6) is 0. The lowest BCUT2D eigenvalue weighted by Gasteiger charge is -2.42. The molecule has 0 saturated heterocycles. The minimum absolute atomic E-state index is 0.354. The maximum absolute atomic E-state index is 2.45. The van der Waals surface area contributed by atoms with Gasteiger partial charge in [-0.1, -0.05) is 42.5 Å². The summed E-state index contributed by atoms with van der Waals surface area (Å²) in [6.07, 6.45) is 8.35. The molecule has 5 bridgehead atoms. The Bertz CT molecular complexity index is 822. The maximum atomic E-state index is 2.45. The summed E-state index contributed by atoms with van der Waals surface area (Å²) in [6, 6.07) is 10.9. The predicted molar refractivity (Wildman–Crippen MR) is 71.7 cm³/mol. The predicted octanol–water partition coefficient (Wildman–Crippen LogP) is 3.96. The molecular weight excluding hydrogens is 216 g/mol. The van der Waals surface area contributed by atoms with Crippen LogP contribution in [0.3, 0.4) is 0 Å². The standard InChI is InChI=1S/C18H10/c1-2-5-10(6-3-1)14-15-11-7-4-8-18-13(17(14)18)9-12(15)16(11)18/h1-7,9H,8H2. The van der Waals surface area contributed by atoms with Gasteiger partial charge in [-0.15, -0.1) is 0 Å². The molecule has 1 atom stereocenters. The lowest BCUT2D eigenvalue weighted by molar-refractivity contribution is 0.646. The molecule has 82 valence electrons. The molecule has 0 saturated carbocycles. The second-order valence-corrected chi connectivity index (χ2v) is 5.76. The second-order valence-electron chi connectivity index (χ2n) is 5.76. The van der Waals surface area contributed by atoms with Crippen molar-refractivity contribution in [2.45, 2.75) is 6.42 Å². The molecule has 0 heterocycles. The van der Waals surface area contributed by atoms with E-state index < -0.39 is 0 Å². The molecule has 0 fully saturated rings. The monoisotopic (exact) mass is 226 g/mol. The zero-order chi connectivity index (χ0) is 11.5. The van der Waals surface area contributed by atoms with Crippen LogP contribution < -0.4 is 0 Å². The van der Waals surface area contributed by atoms with Gasteiger partial charge in [-0.05, 0) is 57.1 Å². The number of hydrogen-bond acceptors (Lipinski definition) is 0. The second kappa shape index (κ2) is 2.12. The first-order chi connectivity index (χ1) is 8.93. The molecule has 18 heavy (non-hydrogen) atoms. The normalized spacial score (nSPS) is 31.9. The van der Waals surface area contributed by atoms with Gasteiger partial charge < -0.3 is 0 Å². The first kappa shape index (κ1) is 8.10. The highest BCUT2D eigenvalue weighted by molar-refractivity contribution is 6.11. The van der Waals surface area contributed by atoms with Crippen LogP contribution in [-0.4, -0.2) is 0 Å². The number of allylic oxidation sites excluding steroid dienone is 10. The Hall–Kier alpha value is -2.08. The molecule has 1 aromatic rings. The van der Waals surface area contributed by atoms with E-state index in [-0.39, 0.29) is 0 Å². The lowest BCUT2D eigenvalue weighted by Crippen LogP contribution is -2.28. The van der Waals surface area contributed by atoms with Crippen LogP contribution in [0.5, 0.6) is 0 Å². The van der Waals surface area contributed by atoms with Crippen molar-refractivity contribution in [3.63, 3.8) is 0 Å². The summed E-state index contributed by atoms with van der Waals surface area (Å²) in [5, 5.41) is 0. The van der Waals surface area contributed by atoms with Crippen LogP contribution in [0.1, 0.15) is 12.0 Å². The van der Waals surface area contributed by atoms with Crippen molar-refractivity contribution < 1.29 is 0 Å². The van der Waals surface area contributed by atoms with Gasteiger partial charge in [-0.3, -0.25) is 0 Å². The van der Waals surface area contributed by atoms with E-state index in [4.69, 9.17) is 0 Å². The summed E-state index contributed by atoms with van der Waals surface area (Å²) >= 11 is 0. The summed E-state index contributed by atoms with van der Waals surface area (Å²) < 4.78 is 0. The van der Waals surface area contributed by atoms with Gasteiger partial charge in [-0.2, -0.15) is 0 Å². The molecule has 1 aromatic carbocycles. The Morgan fingerprint density at radius 2 is 1.83 bits per heavy atom. The Labute approximate surface area is 105 Å². The third-order valence-electron chi connectivity index (χ3n) is 5.16. The molecule has 6 aliphatic rings. The molecule has 0 heteroatoms. The number of benzene rings is 1. The summed E-state index contributed by atoms with van der Waals surface area (Å²) in [6.45, 7) is 0. The van der Waals surface area contributed by atoms with E-state index in [2.05, 4.69) is 48.6 Å². The molecule has 1 unspecified atom stereocenters. The third kappa shape index (κ3) is 0.551. The molecule has 0 nitrogen and oxygen atoms in total. The lowest BCUT2D eigenvalue weighted by atomic mass is 9.60. The quantitative estimate of drug-likeness (QED) is 0.680. The van der Waals surface area contributed by atoms with Gasteiger partial charge in [0.1, 0.15) is 0 Å². The van der Waals surface area contributed by atoms with Crippen LogP contribution in [0.4, 0.5) is 0 Å². The molecule has 0 aliphatic heterocycles. The van der Waals surface area contributed by atoms with Crippen molar-refractivity contribution in [3.8, 4) is 0 Å². The first-order valence-electron chi connectivity index (χ1n) is 6.62. The minimum Gasteiger partial charge on any atom is -0.0823 e. The van der Waals surface area contributed by atoms with E-state index in [0.717, 1.165) is 0 Å². The van der Waals surface area contributed by atoms with Crippen LogP contribution in [0, 0.1) is 5.41 Å². The number of rotatable bonds is 1. The van der Waals surface area contributed by atoms with Gasteiger partial charge >= 0.3 is 0 Å². The van der Waals surface area contributed by atoms with Gasteiger partial charge in [0.05, 0.1) is 5.41 Å². The van der Waals surface area contributed by atoms with Gasteiger partial charge in [0, 0.05) is 0 Å². The van der Waals surface area contributed by atoms with Crippen molar-refractivity contribution in [2.75, 3.05) is 0 Å². The van der Waals surface area contributed by atoms with Gasteiger partial charge in [0.25, 0.3) is 0 Å². The van der Waals surface area contributed by atoms with E-state index in [9.17, 15) is 0 Å². The topological polar surface area (TPSA) is 0 Å². The summed E-state index contributed by atoms with van der Waals surface area (Å²) in [7, 11) is 0. The molecule has 7 rings (SSSR count). The van der Waals surface area contributed by atoms with Crippen LogP contribution in [0.15, 0.2) is 82.0 Å². The first-order valence-corrected chi connectivity index (χ1v) is 6.62. The van der Waals surface area contributed by atoms with Gasteiger partial charge in [0.15, 0.2) is 0 Å². The van der Waals surface area contributed by atoms with E-state index in [1.165, 1.54) is 28.7 Å². The highest BCUT2D eigenvalue weighted by atomic mass is 14.7. The maximum Gasteiger partial charge on any atom is 0.0511 e. The average Bonchev–Trinajstić information content (AvgIpc) is 2.94. The highest BCUT2D eigenvalue weighted by Gasteiger charge is 2.68. The Balaban J connectivity index is 1.76. The van der Waals surface area contributed by atoms with Crippen LogP contribution in [0.25, 0.3) is 5.57 Å². The SMILES string of the molecule is C1=CC2=C3C4=CC5=C(C(c6ccccc6)=C42)C53C1. The molecule has 1 spiro atoms. The van der Waals surface area contributed by atoms with E-state index in [0.29, 0.717) is 5.41 Å². The Morgan fingerprint density at radius 3 is 2.72 bits per heavy atom. The Morgan fingerprint density at radius 1 is 0.944 bits per heavy atom. The zero-order valence-electron chi connectivity index (χ0n) is 9.83. The van der Waals surface area contributed by atoms with Gasteiger partial charge in [-0.25, -0.2) is 0 Å². The molecule has 0 radical (unpaired) electrons. The fourth-order valence-electron chi connectivity index (χ4n) is 4.49. The zero-order valence-corrected chi connectivity index (χ0v) is 9.83. The molecule has 0 amide bonds. The van der Waals surface area contributed by atoms with E-state index in [1.54, 1.807) is 22.3 Å². The Kier molecular flexibility index (Phi) is 0.954. The van der Waals surface area contributed by atoms with Crippen molar-refractivity contribution in [1.82, 2.24) is 0 Å². The number of hydrogen-bond donors (Lipinski definition) is 0. The largest absolute Gasteiger partial charge is 0.0823 e. The summed E-state index contributed by atoms with van der Waals surface area (Å²) in [4.78, 5) is 0. The molecule has 0 N–H and O–H groups in total. The smallest absolute Gasteiger partial charge is 0.0511 e. The van der Waals surface area contributed by atoms with Crippen molar-refractivity contribution in [2.24, 2.45) is 5.41 Å². The minimum atomic E-state index is 0.354. The summed E-state index contributed by atoms with van der Waals surface area (Å²) in [5.41, 5.74) is 12.8. The molecule has 0 aromatic heterocycles. The van der Waals surface area contributed by atoms with Crippen molar-refractivity contribution >= 4 is 5.57 Å². The van der Waals surface area contributed by atoms with Crippen LogP contribution >= 0.6 is 0 Å². The fraction of sp³-hybridized carbons (Fsp3) is 0.111. The van der Waals surface area contributed by atoms with Gasteiger partial charge in [0.2, 0.25) is 0 Å². The molecule has 6 aliphatic carbocycles. The van der Waals surface area contributed by atoms with Crippen molar-refractivity contribution in [3.05, 3.63) is 87.6 Å². The average molecular weight is 226 g/mol. The van der Waals surface area contributed by atoms with E-state index in [1.807, 2.05) is 0 Å².